The standard InChI is InChI=1S/C19H21NO/c1-19(2,3)17-12-15-10-7-11-16(18(15)20-17)21-13-14-8-5-4-6-9-14/h4-12,20H,13H2,1-3H3. The second-order valence-electron chi connectivity index (χ2n) is 6.43. The van der Waals surface area contributed by atoms with Crippen molar-refractivity contribution in [2.75, 3.05) is 0 Å². The van der Waals surface area contributed by atoms with Crippen LogP contribution in [-0.2, 0) is 12.0 Å². The third-order valence-corrected chi connectivity index (χ3v) is 3.66. The SMILES string of the molecule is CC(C)(C)c1cc2cccc(OCc3ccccc3)c2[nH]1. The van der Waals surface area contributed by atoms with Crippen LogP contribution in [0.1, 0.15) is 32.0 Å². The molecule has 0 spiro atoms. The van der Waals surface area contributed by atoms with Gasteiger partial charge < -0.3 is 9.72 Å². The van der Waals surface area contributed by atoms with Crippen molar-refractivity contribution in [1.29, 1.82) is 0 Å². The Labute approximate surface area is 125 Å². The lowest BCUT2D eigenvalue weighted by Gasteiger charge is -2.15. The van der Waals surface area contributed by atoms with Gasteiger partial charge in [0.05, 0.1) is 5.52 Å². The predicted octanol–water partition coefficient (Wildman–Crippen LogP) is 5.04. The average molecular weight is 279 g/mol. The van der Waals surface area contributed by atoms with Gasteiger partial charge in [-0.25, -0.2) is 0 Å². The summed E-state index contributed by atoms with van der Waals surface area (Å²) in [6.45, 7) is 7.22. The molecule has 3 aromatic rings. The van der Waals surface area contributed by atoms with Gasteiger partial charge in [0.2, 0.25) is 0 Å². The zero-order valence-corrected chi connectivity index (χ0v) is 12.8. The Bertz CT molecular complexity index is 735. The maximum Gasteiger partial charge on any atom is 0.143 e. The van der Waals surface area contributed by atoms with E-state index in [-0.39, 0.29) is 5.41 Å². The van der Waals surface area contributed by atoms with Gasteiger partial charge in [0.1, 0.15) is 12.4 Å². The van der Waals surface area contributed by atoms with E-state index in [4.69, 9.17) is 4.74 Å². The summed E-state index contributed by atoms with van der Waals surface area (Å²) in [5, 5.41) is 1.20. The number of aromatic amines is 1. The molecule has 108 valence electrons. The van der Waals surface area contributed by atoms with E-state index in [0.717, 1.165) is 11.3 Å². The Morgan fingerprint density at radius 1 is 0.952 bits per heavy atom. The maximum absolute atomic E-state index is 6.00. The summed E-state index contributed by atoms with van der Waals surface area (Å²) >= 11 is 0. The van der Waals surface area contributed by atoms with E-state index in [1.165, 1.54) is 16.6 Å². The molecular formula is C19H21NO. The van der Waals surface area contributed by atoms with Crippen molar-refractivity contribution in [2.45, 2.75) is 32.8 Å². The van der Waals surface area contributed by atoms with Crippen LogP contribution < -0.4 is 4.74 Å². The number of aromatic nitrogens is 1. The first kappa shape index (κ1) is 13.7. The summed E-state index contributed by atoms with van der Waals surface area (Å²) in [5.41, 5.74) is 3.60. The molecule has 1 aromatic heterocycles. The van der Waals surface area contributed by atoms with Crippen molar-refractivity contribution in [3.63, 3.8) is 0 Å². The van der Waals surface area contributed by atoms with Crippen molar-refractivity contribution in [1.82, 2.24) is 4.98 Å². The molecule has 0 aliphatic heterocycles. The molecule has 0 saturated heterocycles. The summed E-state index contributed by atoms with van der Waals surface area (Å²) in [4.78, 5) is 3.52. The second kappa shape index (κ2) is 5.28. The lowest BCUT2D eigenvalue weighted by atomic mass is 9.92. The second-order valence-corrected chi connectivity index (χ2v) is 6.43. The van der Waals surface area contributed by atoms with E-state index in [9.17, 15) is 0 Å². The topological polar surface area (TPSA) is 25.0 Å². The van der Waals surface area contributed by atoms with Crippen LogP contribution in [0.4, 0.5) is 0 Å². The molecule has 0 saturated carbocycles. The lowest BCUT2D eigenvalue weighted by Crippen LogP contribution is -2.11. The molecule has 0 amide bonds. The molecule has 0 aliphatic rings. The number of ether oxygens (including phenoxy) is 1. The van der Waals surface area contributed by atoms with Gasteiger partial charge in [-0.1, -0.05) is 63.2 Å². The molecule has 3 rings (SSSR count). The smallest absolute Gasteiger partial charge is 0.143 e. The van der Waals surface area contributed by atoms with Crippen molar-refractivity contribution in [2.24, 2.45) is 0 Å². The first-order valence-corrected chi connectivity index (χ1v) is 7.33. The molecule has 0 unspecified atom stereocenters. The highest BCUT2D eigenvalue weighted by Crippen LogP contribution is 2.31. The zero-order valence-electron chi connectivity index (χ0n) is 12.8. The van der Waals surface area contributed by atoms with E-state index in [1.54, 1.807) is 0 Å². The highest BCUT2D eigenvalue weighted by Gasteiger charge is 2.17. The van der Waals surface area contributed by atoms with Gasteiger partial charge in [-0.3, -0.25) is 0 Å². The molecule has 2 nitrogen and oxygen atoms in total. The summed E-state index contributed by atoms with van der Waals surface area (Å²) in [7, 11) is 0. The molecule has 1 N–H and O–H groups in total. The van der Waals surface area contributed by atoms with Crippen LogP contribution in [0, 0.1) is 0 Å². The van der Waals surface area contributed by atoms with Gasteiger partial charge in [0.15, 0.2) is 0 Å². The quantitative estimate of drug-likeness (QED) is 0.713. The van der Waals surface area contributed by atoms with E-state index < -0.39 is 0 Å². The van der Waals surface area contributed by atoms with Gasteiger partial charge in [-0.15, -0.1) is 0 Å². The molecule has 0 bridgehead atoms. The minimum absolute atomic E-state index is 0.107. The predicted molar refractivity (Wildman–Crippen MR) is 87.8 cm³/mol. The Hall–Kier alpha value is -2.22. The number of H-pyrrole nitrogens is 1. The fraction of sp³-hybridized carbons (Fsp3) is 0.263. The van der Waals surface area contributed by atoms with E-state index in [0.29, 0.717) is 6.61 Å². The summed E-state index contributed by atoms with van der Waals surface area (Å²) in [6.07, 6.45) is 0. The van der Waals surface area contributed by atoms with E-state index >= 15 is 0 Å². The molecule has 0 radical (unpaired) electrons. The summed E-state index contributed by atoms with van der Waals surface area (Å²) in [5.74, 6) is 0.909. The van der Waals surface area contributed by atoms with Crippen LogP contribution >= 0.6 is 0 Å². The zero-order chi connectivity index (χ0) is 14.9. The van der Waals surface area contributed by atoms with Crippen LogP contribution in [-0.4, -0.2) is 4.98 Å². The average Bonchev–Trinajstić information content (AvgIpc) is 2.91. The van der Waals surface area contributed by atoms with Crippen LogP contribution in [0.2, 0.25) is 0 Å². The number of nitrogens with one attached hydrogen (secondary N) is 1. The molecule has 21 heavy (non-hydrogen) atoms. The van der Waals surface area contributed by atoms with Crippen LogP contribution in [0.3, 0.4) is 0 Å². The number of benzene rings is 2. The number of hydrogen-bond donors (Lipinski definition) is 1. The Morgan fingerprint density at radius 3 is 2.43 bits per heavy atom. The van der Waals surface area contributed by atoms with Crippen LogP contribution in [0.15, 0.2) is 54.6 Å². The van der Waals surface area contributed by atoms with Gasteiger partial charge >= 0.3 is 0 Å². The highest BCUT2D eigenvalue weighted by atomic mass is 16.5. The lowest BCUT2D eigenvalue weighted by molar-refractivity contribution is 0.309. The van der Waals surface area contributed by atoms with Crippen molar-refractivity contribution < 1.29 is 4.74 Å². The molecule has 2 aromatic carbocycles. The van der Waals surface area contributed by atoms with Crippen LogP contribution in [0.5, 0.6) is 5.75 Å². The number of fused-ring (bicyclic) bond motifs is 1. The van der Waals surface area contributed by atoms with Gasteiger partial charge in [-0.2, -0.15) is 0 Å². The Kier molecular flexibility index (Phi) is 3.46. The summed E-state index contributed by atoms with van der Waals surface area (Å²) < 4.78 is 6.00. The minimum atomic E-state index is 0.107. The van der Waals surface area contributed by atoms with Crippen molar-refractivity contribution in [3.05, 3.63) is 65.9 Å². The van der Waals surface area contributed by atoms with Gasteiger partial charge in [0.25, 0.3) is 0 Å². The highest BCUT2D eigenvalue weighted by molar-refractivity contribution is 5.86. The summed E-state index contributed by atoms with van der Waals surface area (Å²) in [6, 6.07) is 18.6. The molecular weight excluding hydrogens is 258 g/mol. The Balaban J connectivity index is 1.90. The fourth-order valence-corrected chi connectivity index (χ4v) is 2.39. The van der Waals surface area contributed by atoms with Gasteiger partial charge in [-0.05, 0) is 17.7 Å². The fourth-order valence-electron chi connectivity index (χ4n) is 2.39. The molecule has 0 fully saturated rings. The van der Waals surface area contributed by atoms with Crippen molar-refractivity contribution >= 4 is 10.9 Å². The third-order valence-electron chi connectivity index (χ3n) is 3.66. The largest absolute Gasteiger partial charge is 0.487 e. The first-order valence-electron chi connectivity index (χ1n) is 7.33. The minimum Gasteiger partial charge on any atom is -0.487 e. The molecule has 2 heteroatoms. The van der Waals surface area contributed by atoms with Crippen LogP contribution in [0.25, 0.3) is 10.9 Å². The molecule has 0 aliphatic carbocycles. The first-order chi connectivity index (χ1) is 10.0. The monoisotopic (exact) mass is 279 g/mol. The van der Waals surface area contributed by atoms with Crippen molar-refractivity contribution in [3.8, 4) is 5.75 Å². The normalized spacial score (nSPS) is 11.8. The molecule has 1 heterocycles. The number of hydrogen-bond acceptors (Lipinski definition) is 1. The molecule has 0 atom stereocenters. The van der Waals surface area contributed by atoms with E-state index in [1.807, 2.05) is 30.3 Å². The number of rotatable bonds is 3. The maximum atomic E-state index is 6.00. The third kappa shape index (κ3) is 2.94. The number of para-hydroxylation sites is 1. The Morgan fingerprint density at radius 2 is 1.71 bits per heavy atom. The van der Waals surface area contributed by atoms with Gasteiger partial charge in [0, 0.05) is 16.5 Å². The van der Waals surface area contributed by atoms with E-state index in [2.05, 4.69) is 50.0 Å².